The molecular weight excluding hydrogens is 576 g/mol. The summed E-state index contributed by atoms with van der Waals surface area (Å²) in [6.45, 7) is 0. The highest BCUT2D eigenvalue weighted by molar-refractivity contribution is 9.11. The van der Waals surface area contributed by atoms with Gasteiger partial charge in [0.15, 0.2) is 5.76 Å². The van der Waals surface area contributed by atoms with Gasteiger partial charge < -0.3 is 9.73 Å². The SMILES string of the molecule is O=C(Nc1c(Br)cc(Br)cc1-c1nc2ccccc2s1)c1ccc(-c2ccc(Cl)cc2)o1. The summed E-state index contributed by atoms with van der Waals surface area (Å²) in [6, 6.07) is 22.5. The Morgan fingerprint density at radius 3 is 2.56 bits per heavy atom. The Labute approximate surface area is 209 Å². The molecule has 2 aromatic heterocycles. The third-order valence-electron chi connectivity index (χ3n) is 4.78. The van der Waals surface area contributed by atoms with Gasteiger partial charge in [0.1, 0.15) is 10.8 Å². The van der Waals surface area contributed by atoms with E-state index < -0.39 is 0 Å². The highest BCUT2D eigenvalue weighted by Gasteiger charge is 2.19. The summed E-state index contributed by atoms with van der Waals surface area (Å²) >= 11 is 14.6. The van der Waals surface area contributed by atoms with Gasteiger partial charge in [-0.05, 0) is 76.6 Å². The number of carbonyl (C=O) groups excluding carboxylic acids is 1. The Hall–Kier alpha value is -2.45. The smallest absolute Gasteiger partial charge is 0.291 e. The van der Waals surface area contributed by atoms with Crippen molar-refractivity contribution >= 4 is 76.6 Å². The molecule has 158 valence electrons. The van der Waals surface area contributed by atoms with Gasteiger partial charge in [-0.3, -0.25) is 4.79 Å². The van der Waals surface area contributed by atoms with Crippen LogP contribution in [0.25, 0.3) is 32.1 Å². The lowest BCUT2D eigenvalue weighted by Gasteiger charge is -2.12. The molecule has 4 nitrogen and oxygen atoms in total. The number of nitrogens with zero attached hydrogens (tertiary/aromatic N) is 1. The van der Waals surface area contributed by atoms with Crippen molar-refractivity contribution in [2.24, 2.45) is 0 Å². The molecule has 5 rings (SSSR count). The molecule has 3 aromatic carbocycles. The number of anilines is 1. The van der Waals surface area contributed by atoms with E-state index in [0.29, 0.717) is 16.5 Å². The fraction of sp³-hybridized carbons (Fsp3) is 0. The summed E-state index contributed by atoms with van der Waals surface area (Å²) in [5.74, 6) is 0.448. The number of hydrogen-bond acceptors (Lipinski definition) is 4. The normalized spacial score (nSPS) is 11.1. The number of furan rings is 1. The molecule has 0 fully saturated rings. The predicted molar refractivity (Wildman–Crippen MR) is 138 cm³/mol. The van der Waals surface area contributed by atoms with Crippen molar-refractivity contribution in [3.8, 4) is 21.9 Å². The summed E-state index contributed by atoms with van der Waals surface area (Å²) in [7, 11) is 0. The lowest BCUT2D eigenvalue weighted by molar-refractivity contribution is 0.0997. The molecule has 0 atom stereocenters. The van der Waals surface area contributed by atoms with Crippen molar-refractivity contribution in [2.45, 2.75) is 0 Å². The Morgan fingerprint density at radius 2 is 1.78 bits per heavy atom. The highest BCUT2D eigenvalue weighted by Crippen LogP contribution is 2.40. The lowest BCUT2D eigenvalue weighted by Crippen LogP contribution is -2.12. The quantitative estimate of drug-likeness (QED) is 0.229. The minimum Gasteiger partial charge on any atom is -0.451 e. The summed E-state index contributed by atoms with van der Waals surface area (Å²) < 4.78 is 8.50. The van der Waals surface area contributed by atoms with Gasteiger partial charge in [-0.25, -0.2) is 4.98 Å². The van der Waals surface area contributed by atoms with Crippen molar-refractivity contribution in [1.29, 1.82) is 0 Å². The molecule has 0 radical (unpaired) electrons. The van der Waals surface area contributed by atoms with Gasteiger partial charge in [0, 0.05) is 25.1 Å². The van der Waals surface area contributed by atoms with Crippen LogP contribution in [0.15, 0.2) is 86.2 Å². The number of carbonyl (C=O) groups is 1. The van der Waals surface area contributed by atoms with E-state index in [-0.39, 0.29) is 11.7 Å². The molecule has 1 N–H and O–H groups in total. The molecule has 0 saturated heterocycles. The van der Waals surface area contributed by atoms with Crippen LogP contribution in [0.5, 0.6) is 0 Å². The molecule has 32 heavy (non-hydrogen) atoms. The standard InChI is InChI=1S/C24H13Br2ClN2O2S/c25-14-11-16(24-28-18-3-1-2-4-21(18)32-24)22(17(26)12-14)29-23(30)20-10-9-19(31-20)13-5-7-15(27)8-6-13/h1-12H,(H,29,30). The summed E-state index contributed by atoms with van der Waals surface area (Å²) in [6.07, 6.45) is 0. The van der Waals surface area contributed by atoms with Crippen molar-refractivity contribution in [3.05, 3.63) is 92.5 Å². The average molecular weight is 589 g/mol. The van der Waals surface area contributed by atoms with Crippen molar-refractivity contribution in [2.75, 3.05) is 5.32 Å². The number of para-hydroxylation sites is 1. The van der Waals surface area contributed by atoms with Gasteiger partial charge in [0.05, 0.1) is 15.9 Å². The highest BCUT2D eigenvalue weighted by atomic mass is 79.9. The van der Waals surface area contributed by atoms with E-state index in [1.807, 2.05) is 48.5 Å². The van der Waals surface area contributed by atoms with E-state index in [1.165, 1.54) is 0 Å². The van der Waals surface area contributed by atoms with Crippen LogP contribution in [-0.2, 0) is 0 Å². The van der Waals surface area contributed by atoms with Gasteiger partial charge in [-0.15, -0.1) is 11.3 Å². The van der Waals surface area contributed by atoms with Crippen LogP contribution in [0.2, 0.25) is 5.02 Å². The summed E-state index contributed by atoms with van der Waals surface area (Å²) in [5, 5.41) is 4.43. The van der Waals surface area contributed by atoms with Crippen molar-refractivity contribution in [1.82, 2.24) is 4.98 Å². The number of benzene rings is 3. The van der Waals surface area contributed by atoms with E-state index in [0.717, 1.165) is 35.3 Å². The second-order valence-corrected chi connectivity index (χ2v) is 10.2. The minimum absolute atomic E-state index is 0.208. The third-order valence-corrected chi connectivity index (χ3v) is 7.18. The molecule has 2 heterocycles. The number of hydrogen-bond donors (Lipinski definition) is 1. The van der Waals surface area contributed by atoms with Gasteiger partial charge in [-0.2, -0.15) is 0 Å². The first-order valence-corrected chi connectivity index (χ1v) is 12.3. The number of thiazole rings is 1. The van der Waals surface area contributed by atoms with Crippen LogP contribution in [0.1, 0.15) is 10.6 Å². The van der Waals surface area contributed by atoms with E-state index in [2.05, 4.69) is 37.2 Å². The van der Waals surface area contributed by atoms with Crippen molar-refractivity contribution in [3.63, 3.8) is 0 Å². The van der Waals surface area contributed by atoms with E-state index >= 15 is 0 Å². The van der Waals surface area contributed by atoms with E-state index in [9.17, 15) is 4.79 Å². The molecule has 0 aliphatic carbocycles. The number of nitrogens with one attached hydrogen (secondary N) is 1. The molecule has 0 bridgehead atoms. The molecule has 0 saturated carbocycles. The van der Waals surface area contributed by atoms with Gasteiger partial charge in [-0.1, -0.05) is 39.7 Å². The molecule has 5 aromatic rings. The van der Waals surface area contributed by atoms with Gasteiger partial charge >= 0.3 is 0 Å². The summed E-state index contributed by atoms with van der Waals surface area (Å²) in [5.41, 5.74) is 3.19. The maximum Gasteiger partial charge on any atom is 0.291 e. The number of aromatic nitrogens is 1. The number of fused-ring (bicyclic) bond motifs is 1. The second kappa shape index (κ2) is 8.83. The molecule has 8 heteroatoms. The van der Waals surface area contributed by atoms with Gasteiger partial charge in [0.2, 0.25) is 0 Å². The predicted octanol–water partition coefficient (Wildman–Crippen LogP) is 8.65. The first-order valence-electron chi connectivity index (χ1n) is 9.50. The van der Waals surface area contributed by atoms with Crippen molar-refractivity contribution < 1.29 is 9.21 Å². The molecular formula is C24H13Br2ClN2O2S. The third kappa shape index (κ3) is 4.26. The Bertz CT molecular complexity index is 1430. The van der Waals surface area contributed by atoms with Gasteiger partial charge in [0.25, 0.3) is 5.91 Å². The van der Waals surface area contributed by atoms with Crippen LogP contribution < -0.4 is 5.32 Å². The maximum absolute atomic E-state index is 13.0. The first-order chi connectivity index (χ1) is 15.5. The van der Waals surface area contributed by atoms with Crippen LogP contribution in [0.3, 0.4) is 0 Å². The largest absolute Gasteiger partial charge is 0.451 e. The Kier molecular flexibility index (Phi) is 5.90. The average Bonchev–Trinajstić information content (AvgIpc) is 3.43. The number of amides is 1. The second-order valence-electron chi connectivity index (χ2n) is 6.92. The minimum atomic E-state index is -0.351. The Balaban J connectivity index is 1.49. The lowest BCUT2D eigenvalue weighted by atomic mass is 10.2. The monoisotopic (exact) mass is 586 g/mol. The van der Waals surface area contributed by atoms with E-state index in [4.69, 9.17) is 21.0 Å². The van der Waals surface area contributed by atoms with Crippen LogP contribution >= 0.6 is 54.8 Å². The zero-order chi connectivity index (χ0) is 22.2. The Morgan fingerprint density at radius 1 is 1.00 bits per heavy atom. The molecule has 0 spiro atoms. The fourth-order valence-electron chi connectivity index (χ4n) is 3.26. The molecule has 1 amide bonds. The molecule has 0 aliphatic rings. The van der Waals surface area contributed by atoms with Crippen LogP contribution in [0.4, 0.5) is 5.69 Å². The number of halogens is 3. The first kappa shape index (κ1) is 21.4. The summed E-state index contributed by atoms with van der Waals surface area (Å²) in [4.78, 5) is 17.8. The molecule has 0 unspecified atom stereocenters. The van der Waals surface area contributed by atoms with E-state index in [1.54, 1.807) is 35.6 Å². The topological polar surface area (TPSA) is 55.1 Å². The molecule has 0 aliphatic heterocycles. The zero-order valence-corrected chi connectivity index (χ0v) is 21.0. The maximum atomic E-state index is 13.0. The fourth-order valence-corrected chi connectivity index (χ4v) is 5.70. The number of rotatable bonds is 4. The van der Waals surface area contributed by atoms with Crippen LogP contribution in [0, 0.1) is 0 Å². The van der Waals surface area contributed by atoms with Crippen LogP contribution in [-0.4, -0.2) is 10.9 Å². The zero-order valence-electron chi connectivity index (χ0n) is 16.2.